The summed E-state index contributed by atoms with van der Waals surface area (Å²) in [6.07, 6.45) is 2.91. The molecular weight excluding hydrogens is 242 g/mol. The predicted molar refractivity (Wildman–Crippen MR) is 66.0 cm³/mol. The van der Waals surface area contributed by atoms with Gasteiger partial charge in [-0.3, -0.25) is 4.98 Å². The molecule has 0 aromatic carbocycles. The average Bonchev–Trinajstić information content (AvgIpc) is 2.14. The first kappa shape index (κ1) is 13.7. The molecule has 1 heterocycles. The number of nitrogens with one attached hydrogen (secondary N) is 1. The van der Waals surface area contributed by atoms with Crippen molar-refractivity contribution in [3.8, 4) is 0 Å². The van der Waals surface area contributed by atoms with E-state index in [0.29, 0.717) is 5.82 Å². The lowest BCUT2D eigenvalue weighted by molar-refractivity contribution is -0.155. The summed E-state index contributed by atoms with van der Waals surface area (Å²) in [4.78, 5) is 19.5. The van der Waals surface area contributed by atoms with Gasteiger partial charge in [0.1, 0.15) is 22.6 Å². The van der Waals surface area contributed by atoms with Crippen LogP contribution in [0.2, 0.25) is 5.15 Å². The second-order valence-corrected chi connectivity index (χ2v) is 5.01. The minimum atomic E-state index is -0.512. The number of rotatable bonds is 3. The first-order valence-electron chi connectivity index (χ1n) is 5.25. The Hall–Kier alpha value is -1.36. The van der Waals surface area contributed by atoms with Gasteiger partial charge in [0, 0.05) is 0 Å². The summed E-state index contributed by atoms with van der Waals surface area (Å²) in [5.41, 5.74) is -0.507. The summed E-state index contributed by atoms with van der Waals surface area (Å²) in [7, 11) is 0. The van der Waals surface area contributed by atoms with Crippen molar-refractivity contribution >= 4 is 23.4 Å². The Morgan fingerprint density at radius 1 is 1.47 bits per heavy atom. The Labute approximate surface area is 106 Å². The molecular formula is C11H16ClN3O2. The van der Waals surface area contributed by atoms with Gasteiger partial charge >= 0.3 is 5.97 Å². The number of halogens is 1. The van der Waals surface area contributed by atoms with Gasteiger partial charge in [-0.25, -0.2) is 9.78 Å². The highest BCUT2D eigenvalue weighted by molar-refractivity contribution is 6.29. The van der Waals surface area contributed by atoms with Crippen LogP contribution in [0.15, 0.2) is 12.4 Å². The van der Waals surface area contributed by atoms with Gasteiger partial charge in [0.15, 0.2) is 0 Å². The van der Waals surface area contributed by atoms with E-state index in [9.17, 15) is 4.79 Å². The molecule has 1 aromatic rings. The summed E-state index contributed by atoms with van der Waals surface area (Å²) >= 11 is 5.68. The Bertz CT molecular complexity index is 404. The van der Waals surface area contributed by atoms with E-state index < -0.39 is 11.6 Å². The van der Waals surface area contributed by atoms with Crippen molar-refractivity contribution in [2.45, 2.75) is 39.3 Å². The van der Waals surface area contributed by atoms with Gasteiger partial charge in [-0.1, -0.05) is 11.6 Å². The predicted octanol–water partition coefficient (Wildman–Crippen LogP) is 2.27. The Morgan fingerprint density at radius 3 is 2.65 bits per heavy atom. The van der Waals surface area contributed by atoms with E-state index in [2.05, 4.69) is 15.3 Å². The molecule has 0 unspecified atom stereocenters. The third kappa shape index (κ3) is 4.99. The highest BCUT2D eigenvalue weighted by Gasteiger charge is 2.21. The molecule has 0 radical (unpaired) electrons. The standard InChI is InChI=1S/C11H16ClN3O2/c1-7(10(16)17-11(2,3)4)14-9-6-13-5-8(12)15-9/h5-7H,1-4H3,(H,14,15)/t7-/m0/s1. The fourth-order valence-electron chi connectivity index (χ4n) is 1.08. The zero-order chi connectivity index (χ0) is 13.1. The van der Waals surface area contributed by atoms with Crippen LogP contribution in [0.3, 0.4) is 0 Å². The number of hydrogen-bond acceptors (Lipinski definition) is 5. The minimum Gasteiger partial charge on any atom is -0.458 e. The molecule has 0 saturated heterocycles. The molecule has 0 aliphatic heterocycles. The van der Waals surface area contributed by atoms with Gasteiger partial charge in [-0.15, -0.1) is 0 Å². The quantitative estimate of drug-likeness (QED) is 0.842. The molecule has 94 valence electrons. The SMILES string of the molecule is C[C@H](Nc1cncc(Cl)n1)C(=O)OC(C)(C)C. The largest absolute Gasteiger partial charge is 0.458 e. The second-order valence-electron chi connectivity index (χ2n) is 4.63. The van der Waals surface area contributed by atoms with Crippen molar-refractivity contribution in [2.24, 2.45) is 0 Å². The number of aromatic nitrogens is 2. The summed E-state index contributed by atoms with van der Waals surface area (Å²) in [6.45, 7) is 7.14. The van der Waals surface area contributed by atoms with Crippen LogP contribution < -0.4 is 5.32 Å². The van der Waals surface area contributed by atoms with Crippen molar-refractivity contribution in [2.75, 3.05) is 5.32 Å². The van der Waals surface area contributed by atoms with Gasteiger partial charge in [0.25, 0.3) is 0 Å². The fourth-order valence-corrected chi connectivity index (χ4v) is 1.23. The molecule has 6 heteroatoms. The number of hydrogen-bond donors (Lipinski definition) is 1. The van der Waals surface area contributed by atoms with Crippen molar-refractivity contribution in [3.63, 3.8) is 0 Å². The zero-order valence-corrected chi connectivity index (χ0v) is 11.1. The molecule has 0 bridgehead atoms. The van der Waals surface area contributed by atoms with Gasteiger partial charge in [0.2, 0.25) is 0 Å². The van der Waals surface area contributed by atoms with Crippen LogP contribution in [0.25, 0.3) is 0 Å². The molecule has 1 atom stereocenters. The van der Waals surface area contributed by atoms with Gasteiger partial charge in [-0.2, -0.15) is 0 Å². The van der Waals surface area contributed by atoms with Crippen LogP contribution in [0.5, 0.6) is 0 Å². The maximum absolute atomic E-state index is 11.7. The molecule has 0 amide bonds. The molecule has 0 aliphatic rings. The normalized spacial score (nSPS) is 13.0. The number of anilines is 1. The zero-order valence-electron chi connectivity index (χ0n) is 10.3. The minimum absolute atomic E-state index is 0.270. The highest BCUT2D eigenvalue weighted by Crippen LogP contribution is 2.12. The van der Waals surface area contributed by atoms with E-state index in [-0.39, 0.29) is 11.1 Å². The smallest absolute Gasteiger partial charge is 0.328 e. The number of carbonyl (C=O) groups excluding carboxylic acids is 1. The molecule has 5 nitrogen and oxygen atoms in total. The van der Waals surface area contributed by atoms with Crippen LogP contribution in [0.1, 0.15) is 27.7 Å². The Balaban J connectivity index is 2.60. The summed E-state index contributed by atoms with van der Waals surface area (Å²) < 4.78 is 5.22. The monoisotopic (exact) mass is 257 g/mol. The first-order valence-corrected chi connectivity index (χ1v) is 5.62. The van der Waals surface area contributed by atoms with E-state index in [1.807, 2.05) is 20.8 Å². The lowest BCUT2D eigenvalue weighted by atomic mass is 10.2. The van der Waals surface area contributed by atoms with Gasteiger partial charge in [0.05, 0.1) is 12.4 Å². The first-order chi connectivity index (χ1) is 7.78. The van der Waals surface area contributed by atoms with Gasteiger partial charge < -0.3 is 10.1 Å². The van der Waals surface area contributed by atoms with E-state index in [0.717, 1.165) is 0 Å². The highest BCUT2D eigenvalue weighted by atomic mass is 35.5. The van der Waals surface area contributed by atoms with Crippen LogP contribution in [-0.4, -0.2) is 27.6 Å². The molecule has 17 heavy (non-hydrogen) atoms. The van der Waals surface area contributed by atoms with Crippen LogP contribution in [-0.2, 0) is 9.53 Å². The molecule has 1 rings (SSSR count). The fraction of sp³-hybridized carbons (Fsp3) is 0.545. The molecule has 1 aromatic heterocycles. The maximum Gasteiger partial charge on any atom is 0.328 e. The lowest BCUT2D eigenvalue weighted by Crippen LogP contribution is -2.34. The molecule has 1 N–H and O–H groups in total. The van der Waals surface area contributed by atoms with Gasteiger partial charge in [-0.05, 0) is 27.7 Å². The van der Waals surface area contributed by atoms with Crippen LogP contribution >= 0.6 is 11.6 Å². The molecule has 0 fully saturated rings. The van der Waals surface area contributed by atoms with Crippen LogP contribution in [0, 0.1) is 0 Å². The van der Waals surface area contributed by atoms with Crippen molar-refractivity contribution in [3.05, 3.63) is 17.5 Å². The molecule has 0 saturated carbocycles. The third-order valence-corrected chi connectivity index (χ3v) is 1.91. The molecule has 0 aliphatic carbocycles. The number of nitrogens with zero attached hydrogens (tertiary/aromatic N) is 2. The average molecular weight is 258 g/mol. The lowest BCUT2D eigenvalue weighted by Gasteiger charge is -2.22. The van der Waals surface area contributed by atoms with E-state index >= 15 is 0 Å². The van der Waals surface area contributed by atoms with E-state index in [1.165, 1.54) is 12.4 Å². The summed E-state index contributed by atoms with van der Waals surface area (Å²) in [6, 6.07) is -0.512. The number of esters is 1. The maximum atomic E-state index is 11.7. The number of carbonyl (C=O) groups is 1. The van der Waals surface area contributed by atoms with Crippen molar-refractivity contribution in [1.29, 1.82) is 0 Å². The van der Waals surface area contributed by atoms with Crippen LogP contribution in [0.4, 0.5) is 5.82 Å². The van der Waals surface area contributed by atoms with E-state index in [1.54, 1.807) is 6.92 Å². The Morgan fingerprint density at radius 2 is 2.12 bits per heavy atom. The van der Waals surface area contributed by atoms with Crippen molar-refractivity contribution in [1.82, 2.24) is 9.97 Å². The summed E-state index contributed by atoms with van der Waals surface area (Å²) in [5.74, 6) is 0.0927. The summed E-state index contributed by atoms with van der Waals surface area (Å²) in [5, 5.41) is 3.14. The van der Waals surface area contributed by atoms with E-state index in [4.69, 9.17) is 16.3 Å². The van der Waals surface area contributed by atoms with Crippen molar-refractivity contribution < 1.29 is 9.53 Å². The molecule has 0 spiro atoms. The Kier molecular flexibility index (Phi) is 4.28. The topological polar surface area (TPSA) is 64.1 Å². The second kappa shape index (κ2) is 5.31. The number of ether oxygens (including phenoxy) is 1. The third-order valence-electron chi connectivity index (χ3n) is 1.73.